The van der Waals surface area contributed by atoms with E-state index in [1.165, 1.54) is 18.2 Å². The van der Waals surface area contributed by atoms with Gasteiger partial charge in [0.2, 0.25) is 0 Å². The molecule has 1 aliphatic heterocycles. The lowest BCUT2D eigenvalue weighted by Crippen LogP contribution is -2.48. The fourth-order valence-corrected chi connectivity index (χ4v) is 6.00. The Morgan fingerprint density at radius 3 is 2.32 bits per heavy atom. The highest BCUT2D eigenvalue weighted by atomic mass is 19.4. The first-order chi connectivity index (χ1) is 22.6. The van der Waals surface area contributed by atoms with Crippen LogP contribution in [0.15, 0.2) is 103 Å². The molecule has 0 radical (unpaired) electrons. The van der Waals surface area contributed by atoms with Crippen LogP contribution in [0.2, 0.25) is 0 Å². The van der Waals surface area contributed by atoms with Gasteiger partial charge >= 0.3 is 6.36 Å². The van der Waals surface area contributed by atoms with Crippen molar-refractivity contribution in [3.63, 3.8) is 0 Å². The Bertz CT molecular complexity index is 1650. The summed E-state index contributed by atoms with van der Waals surface area (Å²) < 4.78 is 41.9. The van der Waals surface area contributed by atoms with Gasteiger partial charge in [0.1, 0.15) is 5.75 Å². The van der Waals surface area contributed by atoms with E-state index in [9.17, 15) is 27.9 Å². The monoisotopic (exact) mass is 645 g/mol. The molecule has 0 aliphatic carbocycles. The molecule has 0 spiro atoms. The molecule has 7 nitrogen and oxygen atoms in total. The molecule has 0 aromatic heterocycles. The normalized spacial score (nSPS) is 16.0. The van der Waals surface area contributed by atoms with Crippen LogP contribution in [0.4, 0.5) is 13.2 Å². The summed E-state index contributed by atoms with van der Waals surface area (Å²) in [6.45, 7) is 2.69. The SMILES string of the molecule is Cc1cc(C(=O)N[C@H](Cc2ccccc2)[C@@H](O)CNCc2cccc(OC(F)(F)F)c2)cc(C(=O)N2CCCC2c2ccccc2)c1. The van der Waals surface area contributed by atoms with E-state index in [4.69, 9.17) is 0 Å². The maximum Gasteiger partial charge on any atom is 0.573 e. The van der Waals surface area contributed by atoms with E-state index in [0.717, 1.165) is 29.5 Å². The maximum absolute atomic E-state index is 13.7. The average Bonchev–Trinajstić information content (AvgIpc) is 3.54. The molecule has 5 rings (SSSR count). The number of aryl methyl sites for hydroxylation is 1. The van der Waals surface area contributed by atoms with Gasteiger partial charge in [0.15, 0.2) is 0 Å². The van der Waals surface area contributed by atoms with E-state index >= 15 is 0 Å². The molecule has 4 aromatic carbocycles. The number of aliphatic hydroxyl groups excluding tert-OH is 1. The second-order valence-electron chi connectivity index (χ2n) is 11.8. The summed E-state index contributed by atoms with van der Waals surface area (Å²) in [5.74, 6) is -0.896. The van der Waals surface area contributed by atoms with E-state index < -0.39 is 24.4 Å². The topological polar surface area (TPSA) is 90.9 Å². The second-order valence-corrected chi connectivity index (χ2v) is 11.8. The summed E-state index contributed by atoms with van der Waals surface area (Å²) in [5, 5.41) is 17.2. The van der Waals surface area contributed by atoms with Crippen LogP contribution in [0.25, 0.3) is 0 Å². The third-order valence-corrected chi connectivity index (χ3v) is 8.18. The highest BCUT2D eigenvalue weighted by Crippen LogP contribution is 2.33. The van der Waals surface area contributed by atoms with E-state index in [-0.39, 0.29) is 30.8 Å². The summed E-state index contributed by atoms with van der Waals surface area (Å²) in [6.07, 6.45) is -3.75. The number of carbonyl (C=O) groups is 2. The Hall–Kier alpha value is -4.67. The van der Waals surface area contributed by atoms with Gasteiger partial charge < -0.3 is 25.4 Å². The summed E-state index contributed by atoms with van der Waals surface area (Å²) in [5.41, 5.74) is 4.01. The van der Waals surface area contributed by atoms with Gasteiger partial charge in [0.05, 0.1) is 18.2 Å². The Labute approximate surface area is 272 Å². The number of likely N-dealkylation sites (tertiary alicyclic amines) is 1. The minimum Gasteiger partial charge on any atom is -0.406 e. The van der Waals surface area contributed by atoms with Crippen molar-refractivity contribution in [2.75, 3.05) is 13.1 Å². The van der Waals surface area contributed by atoms with E-state index in [1.54, 1.807) is 24.3 Å². The number of nitrogens with zero attached hydrogens (tertiary/aromatic N) is 1. The van der Waals surface area contributed by atoms with E-state index in [0.29, 0.717) is 29.7 Å². The van der Waals surface area contributed by atoms with Gasteiger partial charge in [-0.2, -0.15) is 0 Å². The molecule has 4 aromatic rings. The average molecular weight is 646 g/mol. The first-order valence-electron chi connectivity index (χ1n) is 15.6. The number of alkyl halides is 3. The van der Waals surface area contributed by atoms with Crippen LogP contribution in [0, 0.1) is 6.92 Å². The zero-order chi connectivity index (χ0) is 33.4. The molecule has 2 amide bonds. The summed E-state index contributed by atoms with van der Waals surface area (Å²) in [4.78, 5) is 29.3. The molecule has 47 heavy (non-hydrogen) atoms. The number of carbonyl (C=O) groups excluding carboxylic acids is 2. The number of benzene rings is 4. The van der Waals surface area contributed by atoms with Crippen LogP contribution in [0.5, 0.6) is 5.75 Å². The number of ether oxygens (including phenoxy) is 1. The first-order valence-corrected chi connectivity index (χ1v) is 15.6. The van der Waals surface area contributed by atoms with Crippen molar-refractivity contribution in [1.29, 1.82) is 0 Å². The molecule has 1 heterocycles. The lowest BCUT2D eigenvalue weighted by Gasteiger charge is -2.26. The summed E-state index contributed by atoms with van der Waals surface area (Å²) >= 11 is 0. The Morgan fingerprint density at radius 1 is 0.915 bits per heavy atom. The van der Waals surface area contributed by atoms with Crippen molar-refractivity contribution in [1.82, 2.24) is 15.5 Å². The van der Waals surface area contributed by atoms with E-state index in [2.05, 4.69) is 15.4 Å². The minimum absolute atomic E-state index is 0.0287. The number of aliphatic hydroxyl groups is 1. The highest BCUT2D eigenvalue weighted by Gasteiger charge is 2.32. The van der Waals surface area contributed by atoms with Crippen molar-refractivity contribution in [3.8, 4) is 5.75 Å². The Kier molecular flexibility index (Phi) is 11.0. The number of amides is 2. The van der Waals surface area contributed by atoms with Crippen molar-refractivity contribution in [2.45, 2.75) is 57.3 Å². The smallest absolute Gasteiger partial charge is 0.406 e. The summed E-state index contributed by atoms with van der Waals surface area (Å²) in [7, 11) is 0. The number of rotatable bonds is 12. The molecule has 1 saturated heterocycles. The maximum atomic E-state index is 13.7. The molecule has 1 unspecified atom stereocenters. The fraction of sp³-hybridized carbons (Fsp3) is 0.297. The van der Waals surface area contributed by atoms with Gasteiger partial charge in [-0.1, -0.05) is 72.8 Å². The van der Waals surface area contributed by atoms with Crippen LogP contribution in [-0.2, 0) is 13.0 Å². The molecule has 0 bridgehead atoms. The zero-order valence-corrected chi connectivity index (χ0v) is 26.0. The van der Waals surface area contributed by atoms with Crippen LogP contribution >= 0.6 is 0 Å². The number of hydrogen-bond donors (Lipinski definition) is 3. The van der Waals surface area contributed by atoms with Gasteiger partial charge in [-0.05, 0) is 78.8 Å². The van der Waals surface area contributed by atoms with Gasteiger partial charge in [-0.3, -0.25) is 9.59 Å². The number of nitrogens with one attached hydrogen (secondary N) is 2. The van der Waals surface area contributed by atoms with Crippen LogP contribution in [-0.4, -0.2) is 53.4 Å². The molecule has 1 fully saturated rings. The third-order valence-electron chi connectivity index (χ3n) is 8.18. The van der Waals surface area contributed by atoms with Gasteiger partial charge in [-0.25, -0.2) is 0 Å². The van der Waals surface area contributed by atoms with Gasteiger partial charge in [0.25, 0.3) is 11.8 Å². The predicted molar refractivity (Wildman–Crippen MR) is 173 cm³/mol. The lowest BCUT2D eigenvalue weighted by molar-refractivity contribution is -0.274. The zero-order valence-electron chi connectivity index (χ0n) is 26.0. The standard InChI is InChI=1S/C37H38F3N3O4/c1-25-18-29(22-30(19-25)36(46)43-17-9-16-33(43)28-13-6-3-7-14-28)35(45)42-32(21-26-10-4-2-5-11-26)34(44)24-41-23-27-12-8-15-31(20-27)47-37(38,39)40/h2-8,10-15,18-20,22,32-34,41,44H,9,16-17,21,23-24H2,1H3,(H,42,45)/t32-,33?,34+/m1/s1. The van der Waals surface area contributed by atoms with Crippen molar-refractivity contribution < 1.29 is 32.6 Å². The van der Waals surface area contributed by atoms with Crippen molar-refractivity contribution >= 4 is 11.8 Å². The van der Waals surface area contributed by atoms with Crippen molar-refractivity contribution in [3.05, 3.63) is 137 Å². The fourth-order valence-electron chi connectivity index (χ4n) is 6.00. The molecule has 3 atom stereocenters. The minimum atomic E-state index is -4.80. The highest BCUT2D eigenvalue weighted by molar-refractivity contribution is 6.00. The number of halogens is 3. The largest absolute Gasteiger partial charge is 0.573 e. The Balaban J connectivity index is 1.28. The Morgan fingerprint density at radius 2 is 1.60 bits per heavy atom. The molecule has 10 heteroatoms. The molecule has 3 N–H and O–H groups in total. The number of hydrogen-bond acceptors (Lipinski definition) is 5. The van der Waals surface area contributed by atoms with E-state index in [1.807, 2.05) is 72.5 Å². The van der Waals surface area contributed by atoms with Gasteiger partial charge in [0, 0.05) is 30.8 Å². The second kappa shape index (κ2) is 15.3. The van der Waals surface area contributed by atoms with Crippen LogP contribution in [0.3, 0.4) is 0 Å². The molecular formula is C37H38F3N3O4. The summed E-state index contributed by atoms with van der Waals surface area (Å²) in [6, 6.07) is 29.3. The molecular weight excluding hydrogens is 607 g/mol. The quantitative estimate of drug-likeness (QED) is 0.167. The molecule has 246 valence electrons. The molecule has 1 aliphatic rings. The van der Waals surface area contributed by atoms with Crippen LogP contribution in [0.1, 0.15) is 61.9 Å². The lowest BCUT2D eigenvalue weighted by atomic mass is 9.99. The third kappa shape index (κ3) is 9.43. The first kappa shape index (κ1) is 33.7. The predicted octanol–water partition coefficient (Wildman–Crippen LogP) is 6.36. The van der Waals surface area contributed by atoms with Gasteiger partial charge in [-0.15, -0.1) is 13.2 Å². The molecule has 0 saturated carbocycles. The van der Waals surface area contributed by atoms with Crippen LogP contribution < -0.4 is 15.4 Å². The van der Waals surface area contributed by atoms with Crippen molar-refractivity contribution in [2.24, 2.45) is 0 Å².